The van der Waals surface area contributed by atoms with Gasteiger partial charge in [0.05, 0.1) is 11.5 Å². The van der Waals surface area contributed by atoms with Gasteiger partial charge in [-0.2, -0.15) is 4.98 Å². The highest BCUT2D eigenvalue weighted by Gasteiger charge is 2.21. The highest BCUT2D eigenvalue weighted by Crippen LogP contribution is 2.30. The smallest absolute Gasteiger partial charge is 0.293 e. The quantitative estimate of drug-likeness (QED) is 0.774. The summed E-state index contributed by atoms with van der Waals surface area (Å²) in [6.45, 7) is 1.96. The number of fused-ring (bicyclic) bond motifs is 1. The lowest BCUT2D eigenvalue weighted by molar-refractivity contribution is 0.287. The molecule has 25 heavy (non-hydrogen) atoms. The average molecular weight is 357 g/mol. The van der Waals surface area contributed by atoms with Crippen LogP contribution in [-0.4, -0.2) is 42.9 Å². The maximum atomic E-state index is 11.5. The second-order valence-corrected chi connectivity index (χ2v) is 8.63. The van der Waals surface area contributed by atoms with Crippen LogP contribution in [0.3, 0.4) is 0 Å². The molecule has 1 fully saturated rings. The standard InChI is InChI=1S/C18H19N3O3S/c19-18-20-16-3-1-2-15(17(16)24-18)14-6-4-13(5-7-14)12-21-8-10-25(22,23)11-9-21/h1-7H,8-12H2,(H2,19,20). The van der Waals surface area contributed by atoms with Crippen molar-refractivity contribution in [1.29, 1.82) is 0 Å². The third kappa shape index (κ3) is 3.38. The minimum absolute atomic E-state index is 0.166. The Kier molecular flexibility index (Phi) is 3.97. The molecule has 2 heterocycles. The van der Waals surface area contributed by atoms with Crippen LogP contribution < -0.4 is 5.73 Å². The lowest BCUT2D eigenvalue weighted by atomic mass is 10.0. The number of aromatic nitrogens is 1. The molecule has 1 aliphatic heterocycles. The topological polar surface area (TPSA) is 89.4 Å². The number of hydrogen-bond donors (Lipinski definition) is 1. The van der Waals surface area contributed by atoms with Crippen molar-refractivity contribution in [3.8, 4) is 11.1 Å². The molecule has 4 rings (SSSR count). The molecule has 0 atom stereocenters. The van der Waals surface area contributed by atoms with Gasteiger partial charge in [0.15, 0.2) is 15.4 Å². The Morgan fingerprint density at radius 3 is 2.52 bits per heavy atom. The van der Waals surface area contributed by atoms with Gasteiger partial charge in [-0.1, -0.05) is 36.4 Å². The first-order valence-corrected chi connectivity index (χ1v) is 9.99. The Morgan fingerprint density at radius 2 is 1.80 bits per heavy atom. The summed E-state index contributed by atoms with van der Waals surface area (Å²) < 4.78 is 28.5. The van der Waals surface area contributed by atoms with Crippen molar-refractivity contribution < 1.29 is 12.8 Å². The molecule has 0 radical (unpaired) electrons. The number of anilines is 1. The van der Waals surface area contributed by atoms with Gasteiger partial charge in [-0.25, -0.2) is 8.42 Å². The van der Waals surface area contributed by atoms with E-state index in [-0.39, 0.29) is 17.5 Å². The van der Waals surface area contributed by atoms with Gasteiger partial charge in [-0.15, -0.1) is 0 Å². The number of nitrogen functional groups attached to an aromatic ring is 1. The van der Waals surface area contributed by atoms with E-state index in [4.69, 9.17) is 10.2 Å². The molecule has 2 N–H and O–H groups in total. The van der Waals surface area contributed by atoms with Crippen LogP contribution in [0.5, 0.6) is 0 Å². The summed E-state index contributed by atoms with van der Waals surface area (Å²) in [6, 6.07) is 14.2. The molecule has 0 amide bonds. The summed E-state index contributed by atoms with van der Waals surface area (Å²) in [7, 11) is -2.84. The van der Waals surface area contributed by atoms with E-state index in [9.17, 15) is 8.42 Å². The van der Waals surface area contributed by atoms with E-state index >= 15 is 0 Å². The second kappa shape index (κ2) is 6.16. The SMILES string of the molecule is Nc1nc2cccc(-c3ccc(CN4CCS(=O)(=O)CC4)cc3)c2o1. The summed E-state index contributed by atoms with van der Waals surface area (Å²) in [4.78, 5) is 6.34. The van der Waals surface area contributed by atoms with Crippen LogP contribution in [0.4, 0.5) is 6.01 Å². The van der Waals surface area contributed by atoms with Crippen molar-refractivity contribution in [3.05, 3.63) is 48.0 Å². The van der Waals surface area contributed by atoms with Crippen LogP contribution in [0.1, 0.15) is 5.56 Å². The Labute approximate surface area is 146 Å². The predicted molar refractivity (Wildman–Crippen MR) is 97.8 cm³/mol. The number of hydrogen-bond acceptors (Lipinski definition) is 6. The van der Waals surface area contributed by atoms with Gasteiger partial charge in [-0.05, 0) is 17.2 Å². The molecule has 0 spiro atoms. The first kappa shape index (κ1) is 16.1. The van der Waals surface area contributed by atoms with Crippen LogP contribution in [-0.2, 0) is 16.4 Å². The second-order valence-electron chi connectivity index (χ2n) is 6.33. The molecule has 1 saturated heterocycles. The zero-order valence-corrected chi connectivity index (χ0v) is 14.5. The number of para-hydroxylation sites is 1. The predicted octanol–water partition coefficient (Wildman–Crippen LogP) is 2.31. The van der Waals surface area contributed by atoms with E-state index in [0.717, 1.165) is 28.8 Å². The van der Waals surface area contributed by atoms with Crippen molar-refractivity contribution >= 4 is 27.0 Å². The van der Waals surface area contributed by atoms with Crippen molar-refractivity contribution in [2.75, 3.05) is 30.3 Å². The molecule has 0 saturated carbocycles. The Balaban J connectivity index is 1.54. The van der Waals surface area contributed by atoms with Crippen LogP contribution >= 0.6 is 0 Å². The maximum Gasteiger partial charge on any atom is 0.293 e. The summed E-state index contributed by atoms with van der Waals surface area (Å²) in [6.07, 6.45) is 0. The van der Waals surface area contributed by atoms with Crippen LogP contribution in [0, 0.1) is 0 Å². The van der Waals surface area contributed by atoms with Crippen LogP contribution in [0.25, 0.3) is 22.2 Å². The first-order valence-electron chi connectivity index (χ1n) is 8.17. The van der Waals surface area contributed by atoms with Gasteiger partial charge in [0.25, 0.3) is 6.01 Å². The van der Waals surface area contributed by atoms with Crippen LogP contribution in [0.15, 0.2) is 46.9 Å². The molecule has 7 heteroatoms. The monoisotopic (exact) mass is 357 g/mol. The average Bonchev–Trinajstić information content (AvgIpc) is 2.98. The van der Waals surface area contributed by atoms with Crippen molar-refractivity contribution in [2.45, 2.75) is 6.54 Å². The van der Waals surface area contributed by atoms with Crippen molar-refractivity contribution in [1.82, 2.24) is 9.88 Å². The maximum absolute atomic E-state index is 11.5. The fraction of sp³-hybridized carbons (Fsp3) is 0.278. The lowest BCUT2D eigenvalue weighted by Crippen LogP contribution is -2.39. The summed E-state index contributed by atoms with van der Waals surface area (Å²) in [5, 5.41) is 0. The molecular weight excluding hydrogens is 338 g/mol. The lowest BCUT2D eigenvalue weighted by Gasteiger charge is -2.26. The molecule has 2 aromatic carbocycles. The minimum atomic E-state index is -2.84. The van der Waals surface area contributed by atoms with Crippen LogP contribution in [0.2, 0.25) is 0 Å². The largest absolute Gasteiger partial charge is 0.423 e. The van der Waals surface area contributed by atoms with Gasteiger partial charge in [0, 0.05) is 25.2 Å². The third-order valence-electron chi connectivity index (χ3n) is 4.54. The number of benzene rings is 2. The van der Waals surface area contributed by atoms with E-state index in [1.54, 1.807) is 0 Å². The van der Waals surface area contributed by atoms with Gasteiger partial charge in [-0.3, -0.25) is 4.90 Å². The van der Waals surface area contributed by atoms with Gasteiger partial charge < -0.3 is 10.2 Å². The summed E-state index contributed by atoms with van der Waals surface area (Å²) in [5.74, 6) is 0.500. The van der Waals surface area contributed by atoms with E-state index < -0.39 is 9.84 Å². The highest BCUT2D eigenvalue weighted by molar-refractivity contribution is 7.91. The molecule has 1 aliphatic rings. The fourth-order valence-electron chi connectivity index (χ4n) is 3.15. The molecule has 0 bridgehead atoms. The molecule has 0 aliphatic carbocycles. The number of nitrogens with two attached hydrogens (primary N) is 1. The zero-order chi connectivity index (χ0) is 17.4. The van der Waals surface area contributed by atoms with E-state index in [2.05, 4.69) is 22.0 Å². The van der Waals surface area contributed by atoms with Gasteiger partial charge >= 0.3 is 0 Å². The third-order valence-corrected chi connectivity index (χ3v) is 6.15. The highest BCUT2D eigenvalue weighted by atomic mass is 32.2. The van der Waals surface area contributed by atoms with E-state index in [0.29, 0.717) is 18.7 Å². The van der Waals surface area contributed by atoms with E-state index in [1.165, 1.54) is 0 Å². The number of rotatable bonds is 3. The first-order chi connectivity index (χ1) is 12.0. The summed E-state index contributed by atoms with van der Waals surface area (Å²) in [5.41, 5.74) is 10.2. The number of sulfone groups is 1. The fourth-order valence-corrected chi connectivity index (χ4v) is 4.43. The molecular formula is C18H19N3O3S. The summed E-state index contributed by atoms with van der Waals surface area (Å²) >= 11 is 0. The molecule has 1 aromatic heterocycles. The Bertz CT molecular complexity index is 996. The number of oxazole rings is 1. The molecule has 130 valence electrons. The Hall–Kier alpha value is -2.38. The van der Waals surface area contributed by atoms with Gasteiger partial charge in [0.2, 0.25) is 0 Å². The minimum Gasteiger partial charge on any atom is -0.423 e. The molecule has 6 nitrogen and oxygen atoms in total. The zero-order valence-electron chi connectivity index (χ0n) is 13.7. The van der Waals surface area contributed by atoms with Gasteiger partial charge in [0.1, 0.15) is 5.52 Å². The normalized spacial score (nSPS) is 17.8. The Morgan fingerprint density at radius 1 is 1.08 bits per heavy atom. The number of nitrogens with zero attached hydrogens (tertiary/aromatic N) is 2. The molecule has 0 unspecified atom stereocenters. The van der Waals surface area contributed by atoms with E-state index in [1.807, 2.05) is 30.3 Å². The van der Waals surface area contributed by atoms with Crippen molar-refractivity contribution in [2.24, 2.45) is 0 Å². The molecule has 3 aromatic rings. The van der Waals surface area contributed by atoms with Crippen molar-refractivity contribution in [3.63, 3.8) is 0 Å².